The summed E-state index contributed by atoms with van der Waals surface area (Å²) in [6.45, 7) is 5.96. The summed E-state index contributed by atoms with van der Waals surface area (Å²) in [5, 5.41) is 5.23. The van der Waals surface area contributed by atoms with Crippen LogP contribution in [0.25, 0.3) is 0 Å². The smallest absolute Gasteiger partial charge is 0.321 e. The molecule has 6 nitrogen and oxygen atoms in total. The van der Waals surface area contributed by atoms with Gasteiger partial charge in [0.05, 0.1) is 0 Å². The summed E-state index contributed by atoms with van der Waals surface area (Å²) in [6, 6.07) is 11.1. The summed E-state index contributed by atoms with van der Waals surface area (Å²) in [5.41, 5.74) is 3.50. The number of fused-ring (bicyclic) bond motifs is 1. The molecule has 0 aliphatic carbocycles. The Morgan fingerprint density at radius 2 is 1.84 bits per heavy atom. The van der Waals surface area contributed by atoms with Crippen LogP contribution in [0.4, 0.5) is 16.2 Å². The Hall–Kier alpha value is -2.09. The van der Waals surface area contributed by atoms with Crippen molar-refractivity contribution < 1.29 is 4.79 Å². The Kier molecular flexibility index (Phi) is 7.15. The van der Waals surface area contributed by atoms with Crippen molar-refractivity contribution in [1.82, 2.24) is 14.7 Å². The first-order chi connectivity index (χ1) is 15.0. The Labute approximate surface area is 190 Å². The van der Waals surface area contributed by atoms with E-state index in [-0.39, 0.29) is 6.03 Å². The number of rotatable bonds is 6. The van der Waals surface area contributed by atoms with Gasteiger partial charge in [-0.2, -0.15) is 0 Å². The van der Waals surface area contributed by atoms with Gasteiger partial charge in [0.15, 0.2) is 0 Å². The molecule has 7 heteroatoms. The first-order valence-electron chi connectivity index (χ1n) is 11.3. The van der Waals surface area contributed by atoms with Gasteiger partial charge < -0.3 is 24.9 Å². The number of hydrogen-bond acceptors (Lipinski definition) is 5. The topological polar surface area (TPSA) is 42.1 Å². The summed E-state index contributed by atoms with van der Waals surface area (Å²) in [7, 11) is 6.24. The number of nitrogens with zero attached hydrogens (tertiary/aromatic N) is 4. The first kappa shape index (κ1) is 22.1. The van der Waals surface area contributed by atoms with E-state index >= 15 is 0 Å². The third-order valence-corrected chi connectivity index (χ3v) is 7.76. The van der Waals surface area contributed by atoms with E-state index < -0.39 is 0 Å². The number of amides is 2. The number of thiophene rings is 1. The quantitative estimate of drug-likeness (QED) is 0.740. The van der Waals surface area contributed by atoms with Gasteiger partial charge in [-0.3, -0.25) is 0 Å². The molecule has 0 atom stereocenters. The Morgan fingerprint density at radius 1 is 1.10 bits per heavy atom. The lowest BCUT2D eigenvalue weighted by atomic mass is 10.0. The fraction of sp³-hybridized carbons (Fsp3) is 0.542. The molecule has 2 aromatic rings. The van der Waals surface area contributed by atoms with Gasteiger partial charge in [0.25, 0.3) is 0 Å². The normalized spacial score (nSPS) is 17.6. The highest BCUT2D eigenvalue weighted by molar-refractivity contribution is 7.10. The van der Waals surface area contributed by atoms with E-state index in [1.807, 2.05) is 30.5 Å². The van der Waals surface area contributed by atoms with Crippen LogP contribution in [0.1, 0.15) is 23.3 Å². The van der Waals surface area contributed by atoms with Crippen LogP contribution in [-0.4, -0.2) is 80.6 Å². The molecule has 0 saturated carbocycles. The zero-order valence-corrected chi connectivity index (χ0v) is 19.8. The number of hydrogen-bond donors (Lipinski definition) is 1. The zero-order chi connectivity index (χ0) is 21.8. The zero-order valence-electron chi connectivity index (χ0n) is 19.0. The SMILES string of the molecule is CN1CCC(N(C)CCN(C)C(=O)Nc2ccc(N3CCc4sccc4C3)cc2)CC1. The number of urea groups is 1. The van der Waals surface area contributed by atoms with E-state index in [9.17, 15) is 4.79 Å². The molecular weight excluding hydrogens is 406 g/mol. The molecule has 0 unspecified atom stereocenters. The second-order valence-electron chi connectivity index (χ2n) is 8.95. The van der Waals surface area contributed by atoms with E-state index in [1.165, 1.54) is 29.0 Å². The number of carbonyl (C=O) groups is 1. The van der Waals surface area contributed by atoms with Crippen LogP contribution >= 0.6 is 11.3 Å². The van der Waals surface area contributed by atoms with E-state index in [0.29, 0.717) is 6.04 Å². The average Bonchev–Trinajstić information content (AvgIpc) is 3.26. The Balaban J connectivity index is 1.23. The third kappa shape index (κ3) is 5.59. The lowest BCUT2D eigenvalue weighted by Crippen LogP contribution is -2.45. The molecule has 4 rings (SSSR count). The molecule has 0 spiro atoms. The highest BCUT2D eigenvalue weighted by Gasteiger charge is 2.21. The van der Waals surface area contributed by atoms with Gasteiger partial charge in [-0.1, -0.05) is 0 Å². The Morgan fingerprint density at radius 3 is 2.58 bits per heavy atom. The van der Waals surface area contributed by atoms with Crippen molar-refractivity contribution in [2.75, 3.05) is 64.1 Å². The van der Waals surface area contributed by atoms with E-state index in [4.69, 9.17) is 0 Å². The van der Waals surface area contributed by atoms with Gasteiger partial charge >= 0.3 is 6.03 Å². The average molecular weight is 442 g/mol. The summed E-state index contributed by atoms with van der Waals surface area (Å²) >= 11 is 1.86. The van der Waals surface area contributed by atoms with Crippen LogP contribution in [0.3, 0.4) is 0 Å². The van der Waals surface area contributed by atoms with E-state index in [0.717, 1.165) is 51.4 Å². The fourth-order valence-electron chi connectivity index (χ4n) is 4.47. The predicted molar refractivity (Wildman–Crippen MR) is 130 cm³/mol. The predicted octanol–water partition coefficient (Wildman–Crippen LogP) is 3.80. The van der Waals surface area contributed by atoms with Gasteiger partial charge in [-0.05, 0) is 87.7 Å². The highest BCUT2D eigenvalue weighted by Crippen LogP contribution is 2.28. The molecule has 0 bridgehead atoms. The molecular formula is C24H35N5OS. The van der Waals surface area contributed by atoms with E-state index in [2.05, 4.69) is 57.7 Å². The molecule has 2 aliphatic rings. The molecule has 2 aliphatic heterocycles. The highest BCUT2D eigenvalue weighted by atomic mass is 32.1. The number of carbonyl (C=O) groups excluding carboxylic acids is 1. The lowest BCUT2D eigenvalue weighted by molar-refractivity contribution is 0.136. The third-order valence-electron chi connectivity index (χ3n) is 6.74. The van der Waals surface area contributed by atoms with Crippen LogP contribution in [0.15, 0.2) is 35.7 Å². The van der Waals surface area contributed by atoms with Crippen molar-refractivity contribution in [3.8, 4) is 0 Å². The van der Waals surface area contributed by atoms with Gasteiger partial charge in [-0.15, -0.1) is 11.3 Å². The maximum Gasteiger partial charge on any atom is 0.321 e. The number of benzene rings is 1. The van der Waals surface area contributed by atoms with Gasteiger partial charge in [0, 0.05) is 55.5 Å². The summed E-state index contributed by atoms with van der Waals surface area (Å²) in [6.07, 6.45) is 3.53. The van der Waals surface area contributed by atoms with Crippen molar-refractivity contribution in [2.24, 2.45) is 0 Å². The minimum Gasteiger partial charge on any atom is -0.367 e. The Bertz CT molecular complexity index is 859. The molecule has 1 saturated heterocycles. The second kappa shape index (κ2) is 10.0. The largest absolute Gasteiger partial charge is 0.367 e. The van der Waals surface area contributed by atoms with Gasteiger partial charge in [0.2, 0.25) is 0 Å². The molecule has 1 aromatic carbocycles. The van der Waals surface area contributed by atoms with Crippen molar-refractivity contribution in [2.45, 2.75) is 31.8 Å². The number of nitrogens with one attached hydrogen (secondary N) is 1. The number of likely N-dealkylation sites (N-methyl/N-ethyl adjacent to an activating group) is 2. The van der Waals surface area contributed by atoms with Gasteiger partial charge in [-0.25, -0.2) is 4.79 Å². The molecule has 1 aromatic heterocycles. The van der Waals surface area contributed by atoms with Crippen LogP contribution in [0.5, 0.6) is 0 Å². The summed E-state index contributed by atoms with van der Waals surface area (Å²) in [4.78, 5) is 23.1. The van der Waals surface area contributed by atoms with Crippen LogP contribution in [0.2, 0.25) is 0 Å². The molecule has 0 radical (unpaired) electrons. The minimum absolute atomic E-state index is 0.0505. The minimum atomic E-state index is -0.0505. The number of piperidine rings is 1. The fourth-order valence-corrected chi connectivity index (χ4v) is 5.36. The lowest BCUT2D eigenvalue weighted by Gasteiger charge is -2.35. The number of likely N-dealkylation sites (tertiary alicyclic amines) is 1. The maximum absolute atomic E-state index is 12.6. The monoisotopic (exact) mass is 441 g/mol. The van der Waals surface area contributed by atoms with Crippen LogP contribution in [-0.2, 0) is 13.0 Å². The van der Waals surface area contributed by atoms with E-state index in [1.54, 1.807) is 4.90 Å². The van der Waals surface area contributed by atoms with Crippen molar-refractivity contribution in [3.05, 3.63) is 46.2 Å². The van der Waals surface area contributed by atoms with Crippen molar-refractivity contribution in [3.63, 3.8) is 0 Å². The van der Waals surface area contributed by atoms with Crippen LogP contribution < -0.4 is 10.2 Å². The van der Waals surface area contributed by atoms with Crippen molar-refractivity contribution >= 4 is 28.7 Å². The molecule has 2 amide bonds. The summed E-state index contributed by atoms with van der Waals surface area (Å²) in [5.74, 6) is 0. The standard InChI is InChI=1S/C24H35N5OS/c1-26-12-8-21(9-13-26)27(2)15-16-28(3)24(30)25-20-4-6-22(7-5-20)29-14-10-23-19(18-29)11-17-31-23/h4-7,11,17,21H,8-10,12-16,18H2,1-3H3,(H,25,30). The first-order valence-corrected chi connectivity index (χ1v) is 12.2. The molecule has 168 valence electrons. The molecule has 1 fully saturated rings. The molecule has 3 heterocycles. The van der Waals surface area contributed by atoms with Gasteiger partial charge in [0.1, 0.15) is 0 Å². The maximum atomic E-state index is 12.6. The second-order valence-corrected chi connectivity index (χ2v) is 9.95. The molecule has 31 heavy (non-hydrogen) atoms. The number of anilines is 2. The summed E-state index contributed by atoms with van der Waals surface area (Å²) < 4.78 is 0. The van der Waals surface area contributed by atoms with Crippen LogP contribution in [0, 0.1) is 0 Å². The van der Waals surface area contributed by atoms with Crippen molar-refractivity contribution in [1.29, 1.82) is 0 Å². The molecule has 1 N–H and O–H groups in total.